The number of nitrogens with two attached hydrogens (primary N) is 1. The van der Waals surface area contributed by atoms with Crippen LogP contribution in [0.5, 0.6) is 0 Å². The minimum atomic E-state index is 0.174. The molecule has 4 heteroatoms. The summed E-state index contributed by atoms with van der Waals surface area (Å²) in [4.78, 5) is 14.3. The van der Waals surface area contributed by atoms with Crippen molar-refractivity contribution in [2.45, 2.75) is 44.2 Å². The van der Waals surface area contributed by atoms with Crippen molar-refractivity contribution in [2.75, 3.05) is 20.3 Å². The highest BCUT2D eigenvalue weighted by molar-refractivity contribution is 5.79. The highest BCUT2D eigenvalue weighted by Gasteiger charge is 2.37. The molecule has 0 spiro atoms. The van der Waals surface area contributed by atoms with E-state index in [2.05, 4.69) is 0 Å². The van der Waals surface area contributed by atoms with Crippen LogP contribution in [0.4, 0.5) is 0 Å². The number of ether oxygens (including phenoxy) is 1. The van der Waals surface area contributed by atoms with Gasteiger partial charge in [-0.2, -0.15) is 0 Å². The number of rotatable bonds is 5. The SMILES string of the molecule is COCCN(C(=O)C1CCC(N)C1)C1CC1. The molecule has 0 bridgehead atoms. The third kappa shape index (κ3) is 2.74. The number of nitrogens with zero attached hydrogens (tertiary/aromatic N) is 1. The van der Waals surface area contributed by atoms with Gasteiger partial charge in [-0.05, 0) is 32.1 Å². The molecule has 2 saturated carbocycles. The Morgan fingerprint density at radius 2 is 2.12 bits per heavy atom. The number of hydrogen-bond acceptors (Lipinski definition) is 3. The fourth-order valence-electron chi connectivity index (χ4n) is 2.52. The lowest BCUT2D eigenvalue weighted by Crippen LogP contribution is -2.39. The summed E-state index contributed by atoms with van der Waals surface area (Å²) < 4.78 is 5.07. The van der Waals surface area contributed by atoms with Crippen LogP contribution in [-0.4, -0.2) is 43.2 Å². The molecule has 0 saturated heterocycles. The number of carbonyl (C=O) groups excluding carboxylic acids is 1. The van der Waals surface area contributed by atoms with Gasteiger partial charge < -0.3 is 15.4 Å². The van der Waals surface area contributed by atoms with Crippen molar-refractivity contribution in [3.8, 4) is 0 Å². The number of methoxy groups -OCH3 is 1. The molecule has 1 amide bonds. The molecule has 2 rings (SSSR count). The van der Waals surface area contributed by atoms with E-state index >= 15 is 0 Å². The van der Waals surface area contributed by atoms with Gasteiger partial charge in [0.1, 0.15) is 0 Å². The average molecular weight is 226 g/mol. The second-order valence-corrected chi connectivity index (χ2v) is 5.03. The fourth-order valence-corrected chi connectivity index (χ4v) is 2.52. The van der Waals surface area contributed by atoms with Crippen LogP contribution in [0.2, 0.25) is 0 Å². The smallest absolute Gasteiger partial charge is 0.226 e. The summed E-state index contributed by atoms with van der Waals surface area (Å²) in [6.07, 6.45) is 5.16. The van der Waals surface area contributed by atoms with Gasteiger partial charge in [0.2, 0.25) is 5.91 Å². The minimum Gasteiger partial charge on any atom is -0.383 e. The van der Waals surface area contributed by atoms with E-state index in [1.54, 1.807) is 7.11 Å². The Balaban J connectivity index is 1.88. The van der Waals surface area contributed by atoms with Crippen LogP contribution in [0, 0.1) is 5.92 Å². The van der Waals surface area contributed by atoms with Gasteiger partial charge in [-0.3, -0.25) is 4.79 Å². The summed E-state index contributed by atoms with van der Waals surface area (Å²) in [7, 11) is 1.68. The second kappa shape index (κ2) is 5.15. The van der Waals surface area contributed by atoms with Crippen LogP contribution in [0.3, 0.4) is 0 Å². The van der Waals surface area contributed by atoms with Gasteiger partial charge >= 0.3 is 0 Å². The topological polar surface area (TPSA) is 55.6 Å². The Kier molecular flexibility index (Phi) is 3.82. The Labute approximate surface area is 97.1 Å². The third-order valence-corrected chi connectivity index (χ3v) is 3.63. The molecule has 2 aliphatic rings. The molecule has 92 valence electrons. The summed E-state index contributed by atoms with van der Waals surface area (Å²) in [6.45, 7) is 1.38. The molecule has 0 heterocycles. The third-order valence-electron chi connectivity index (χ3n) is 3.63. The Bertz CT molecular complexity index is 253. The monoisotopic (exact) mass is 226 g/mol. The summed E-state index contributed by atoms with van der Waals surface area (Å²) in [5.74, 6) is 0.486. The molecule has 2 fully saturated rings. The van der Waals surface area contributed by atoms with Gasteiger partial charge in [0.05, 0.1) is 6.61 Å². The molecule has 0 aromatic heterocycles. The summed E-state index contributed by atoms with van der Waals surface area (Å²) in [5, 5.41) is 0. The van der Waals surface area contributed by atoms with Gasteiger partial charge in [0, 0.05) is 31.7 Å². The summed E-state index contributed by atoms with van der Waals surface area (Å²) in [6, 6.07) is 0.719. The van der Waals surface area contributed by atoms with Crippen LogP contribution in [-0.2, 0) is 9.53 Å². The van der Waals surface area contributed by atoms with E-state index in [4.69, 9.17) is 10.5 Å². The Hall–Kier alpha value is -0.610. The van der Waals surface area contributed by atoms with E-state index in [-0.39, 0.29) is 12.0 Å². The maximum atomic E-state index is 12.3. The van der Waals surface area contributed by atoms with E-state index in [9.17, 15) is 4.79 Å². The van der Waals surface area contributed by atoms with E-state index < -0.39 is 0 Å². The molecule has 2 aliphatic carbocycles. The van der Waals surface area contributed by atoms with Crippen LogP contribution in [0.15, 0.2) is 0 Å². The van der Waals surface area contributed by atoms with Crippen molar-refractivity contribution < 1.29 is 9.53 Å². The second-order valence-electron chi connectivity index (χ2n) is 5.03. The number of hydrogen-bond donors (Lipinski definition) is 1. The van der Waals surface area contributed by atoms with Gasteiger partial charge in [-0.25, -0.2) is 0 Å². The van der Waals surface area contributed by atoms with Crippen LogP contribution < -0.4 is 5.73 Å². The minimum absolute atomic E-state index is 0.174. The lowest BCUT2D eigenvalue weighted by atomic mass is 10.1. The molecule has 4 nitrogen and oxygen atoms in total. The summed E-state index contributed by atoms with van der Waals surface area (Å²) >= 11 is 0. The maximum absolute atomic E-state index is 12.3. The highest BCUT2D eigenvalue weighted by Crippen LogP contribution is 2.32. The largest absolute Gasteiger partial charge is 0.383 e. The van der Waals surface area contributed by atoms with Crippen molar-refractivity contribution in [1.82, 2.24) is 4.90 Å². The number of amides is 1. The molecule has 0 aliphatic heterocycles. The Morgan fingerprint density at radius 3 is 2.62 bits per heavy atom. The van der Waals surface area contributed by atoms with Crippen molar-refractivity contribution >= 4 is 5.91 Å². The van der Waals surface area contributed by atoms with E-state index in [0.717, 1.165) is 38.6 Å². The zero-order valence-corrected chi connectivity index (χ0v) is 10.0. The first-order chi connectivity index (χ1) is 7.72. The normalized spacial score (nSPS) is 29.4. The Morgan fingerprint density at radius 1 is 1.38 bits per heavy atom. The molecule has 0 aromatic carbocycles. The molecule has 2 unspecified atom stereocenters. The van der Waals surface area contributed by atoms with Crippen molar-refractivity contribution in [3.63, 3.8) is 0 Å². The predicted molar refractivity (Wildman–Crippen MR) is 61.9 cm³/mol. The van der Waals surface area contributed by atoms with E-state index in [1.807, 2.05) is 4.90 Å². The standard InChI is InChI=1S/C12H22N2O2/c1-16-7-6-14(11-4-5-11)12(15)9-2-3-10(13)8-9/h9-11H,2-8,13H2,1H3. The predicted octanol–water partition coefficient (Wildman–Crippen LogP) is 0.751. The number of carbonyl (C=O) groups is 1. The van der Waals surface area contributed by atoms with Crippen molar-refractivity contribution in [2.24, 2.45) is 11.7 Å². The zero-order chi connectivity index (χ0) is 11.5. The highest BCUT2D eigenvalue weighted by atomic mass is 16.5. The first-order valence-electron chi connectivity index (χ1n) is 6.27. The lowest BCUT2D eigenvalue weighted by Gasteiger charge is -2.25. The van der Waals surface area contributed by atoms with E-state index in [1.165, 1.54) is 0 Å². The quantitative estimate of drug-likeness (QED) is 0.752. The molecule has 16 heavy (non-hydrogen) atoms. The lowest BCUT2D eigenvalue weighted by molar-refractivity contribution is -0.136. The van der Waals surface area contributed by atoms with Crippen LogP contribution >= 0.6 is 0 Å². The molecular weight excluding hydrogens is 204 g/mol. The maximum Gasteiger partial charge on any atom is 0.226 e. The fraction of sp³-hybridized carbons (Fsp3) is 0.917. The van der Waals surface area contributed by atoms with Crippen LogP contribution in [0.25, 0.3) is 0 Å². The molecule has 0 aromatic rings. The first-order valence-corrected chi connectivity index (χ1v) is 6.27. The van der Waals surface area contributed by atoms with Crippen molar-refractivity contribution in [1.29, 1.82) is 0 Å². The molecule has 2 atom stereocenters. The first kappa shape index (κ1) is 11.9. The van der Waals surface area contributed by atoms with Crippen LogP contribution in [0.1, 0.15) is 32.1 Å². The summed E-state index contributed by atoms with van der Waals surface area (Å²) in [5.41, 5.74) is 5.86. The zero-order valence-electron chi connectivity index (χ0n) is 10.0. The van der Waals surface area contributed by atoms with Gasteiger partial charge in [-0.1, -0.05) is 0 Å². The molecule has 2 N–H and O–H groups in total. The van der Waals surface area contributed by atoms with Crippen molar-refractivity contribution in [3.05, 3.63) is 0 Å². The molecular formula is C12H22N2O2. The van der Waals surface area contributed by atoms with Gasteiger partial charge in [0.25, 0.3) is 0 Å². The van der Waals surface area contributed by atoms with Gasteiger partial charge in [-0.15, -0.1) is 0 Å². The van der Waals surface area contributed by atoms with Gasteiger partial charge in [0.15, 0.2) is 0 Å². The molecule has 0 radical (unpaired) electrons. The van der Waals surface area contributed by atoms with E-state index in [0.29, 0.717) is 18.6 Å². The average Bonchev–Trinajstić information content (AvgIpc) is 3.01.